The summed E-state index contributed by atoms with van der Waals surface area (Å²) in [5.41, 5.74) is 1.45. The van der Waals surface area contributed by atoms with E-state index in [0.717, 1.165) is 38.8 Å². The first-order valence-corrected chi connectivity index (χ1v) is 11.0. The van der Waals surface area contributed by atoms with Crippen molar-refractivity contribution in [1.29, 1.82) is 0 Å². The summed E-state index contributed by atoms with van der Waals surface area (Å²) in [5, 5.41) is 43.9. The molecule has 30 heavy (non-hydrogen) atoms. The highest BCUT2D eigenvalue weighted by molar-refractivity contribution is 6.08. The van der Waals surface area contributed by atoms with Crippen LogP contribution in [0, 0.1) is 5.92 Å². The summed E-state index contributed by atoms with van der Waals surface area (Å²) in [5.74, 6) is 0.312. The topological polar surface area (TPSA) is 139 Å². The van der Waals surface area contributed by atoms with E-state index in [4.69, 9.17) is 17.3 Å². The number of aliphatic hydroxyl groups is 3. The van der Waals surface area contributed by atoms with Crippen molar-refractivity contribution in [3.63, 3.8) is 0 Å². The van der Waals surface area contributed by atoms with Gasteiger partial charge in [-0.25, -0.2) is 5.32 Å². The average molecular weight is 423 g/mol. The zero-order chi connectivity index (χ0) is 21.1. The van der Waals surface area contributed by atoms with E-state index in [2.05, 4.69) is 32.7 Å². The molecule has 3 fully saturated rings. The molecule has 0 amide bonds. The van der Waals surface area contributed by atoms with Crippen LogP contribution < -0.4 is 26.6 Å². The highest BCUT2D eigenvalue weighted by atomic mass is 16.7. The van der Waals surface area contributed by atoms with Crippen molar-refractivity contribution in [3.05, 3.63) is 11.6 Å². The minimum absolute atomic E-state index is 0.0440. The maximum Gasteiger partial charge on any atom is 0.344 e. The van der Waals surface area contributed by atoms with Crippen LogP contribution in [0.1, 0.15) is 32.1 Å². The maximum atomic E-state index is 9.29. The van der Waals surface area contributed by atoms with Gasteiger partial charge in [0.15, 0.2) is 0 Å². The second-order valence-electron chi connectivity index (χ2n) is 8.75. The molecule has 7 atom stereocenters. The standard InChI is InChI=1S/C19H34BN5O5/c20-9-13-8-16(25-19(26,27)28)24-18(23-13)22-12-6-14(11-2-1-4-21-5-3-11)17-15(7-12)29-10-30-17/h3,12-18,21-28H,1-2,4-10H2. The third-order valence-corrected chi connectivity index (χ3v) is 6.51. The molecular weight excluding hydrogens is 389 g/mol. The van der Waals surface area contributed by atoms with Crippen molar-refractivity contribution >= 4 is 7.85 Å². The van der Waals surface area contributed by atoms with E-state index >= 15 is 0 Å². The van der Waals surface area contributed by atoms with Crippen molar-refractivity contribution in [1.82, 2.24) is 26.6 Å². The Morgan fingerprint density at radius 2 is 2.03 bits per heavy atom. The lowest BCUT2D eigenvalue weighted by atomic mass is 9.76. The van der Waals surface area contributed by atoms with Gasteiger partial charge in [0, 0.05) is 24.5 Å². The average Bonchev–Trinajstić information content (AvgIpc) is 2.99. The van der Waals surface area contributed by atoms with Gasteiger partial charge in [-0.2, -0.15) is 0 Å². The molecule has 4 rings (SSSR count). The fourth-order valence-electron chi connectivity index (χ4n) is 5.20. The summed E-state index contributed by atoms with van der Waals surface area (Å²) in [6.07, 6.45) is 3.55. The predicted molar refractivity (Wildman–Crippen MR) is 110 cm³/mol. The van der Waals surface area contributed by atoms with Gasteiger partial charge >= 0.3 is 6.10 Å². The van der Waals surface area contributed by atoms with Crippen LogP contribution in [-0.2, 0) is 9.47 Å². The van der Waals surface area contributed by atoms with Crippen molar-refractivity contribution in [2.75, 3.05) is 19.9 Å². The maximum absolute atomic E-state index is 9.29. The van der Waals surface area contributed by atoms with Crippen LogP contribution >= 0.6 is 0 Å². The minimum atomic E-state index is -2.95. The molecule has 1 aliphatic carbocycles. The molecule has 3 aliphatic heterocycles. The summed E-state index contributed by atoms with van der Waals surface area (Å²) >= 11 is 0. The SMILES string of the molecule is [B]CC1CC(NC(O)(O)O)NC(NC2CC3OCOC3C(C3=CCNCCC3)C2)N1. The van der Waals surface area contributed by atoms with E-state index in [-0.39, 0.29) is 30.6 Å². The van der Waals surface area contributed by atoms with Gasteiger partial charge in [-0.3, -0.25) is 16.0 Å². The number of ether oxygens (including phenoxy) is 2. The lowest BCUT2D eigenvalue weighted by Crippen LogP contribution is -2.71. The Hall–Kier alpha value is -0.595. The van der Waals surface area contributed by atoms with Gasteiger partial charge in [0.2, 0.25) is 0 Å². The van der Waals surface area contributed by atoms with Crippen molar-refractivity contribution in [2.24, 2.45) is 5.92 Å². The molecule has 2 saturated heterocycles. The summed E-state index contributed by atoms with van der Waals surface area (Å²) < 4.78 is 11.8. The smallest absolute Gasteiger partial charge is 0.344 e. The highest BCUT2D eigenvalue weighted by Crippen LogP contribution is 2.39. The molecule has 0 aromatic rings. The summed E-state index contributed by atoms with van der Waals surface area (Å²) in [6, 6.07) is 0.136. The normalized spacial score (nSPS) is 40.5. The second kappa shape index (κ2) is 9.91. The van der Waals surface area contributed by atoms with Crippen LogP contribution in [0.2, 0.25) is 6.32 Å². The van der Waals surface area contributed by atoms with E-state index in [0.29, 0.717) is 25.5 Å². The third-order valence-electron chi connectivity index (χ3n) is 6.51. The Bertz CT molecular complexity index is 606. The first kappa shape index (κ1) is 22.6. The Morgan fingerprint density at radius 3 is 2.83 bits per heavy atom. The highest BCUT2D eigenvalue weighted by Gasteiger charge is 2.44. The van der Waals surface area contributed by atoms with Gasteiger partial charge < -0.3 is 30.1 Å². The van der Waals surface area contributed by atoms with Crippen molar-refractivity contribution < 1.29 is 24.8 Å². The van der Waals surface area contributed by atoms with E-state index in [9.17, 15) is 15.3 Å². The largest absolute Gasteiger partial charge is 0.349 e. The van der Waals surface area contributed by atoms with E-state index in [1.807, 2.05) is 0 Å². The number of fused-ring (bicyclic) bond motifs is 1. The van der Waals surface area contributed by atoms with Gasteiger partial charge in [0.05, 0.1) is 26.2 Å². The molecule has 0 aromatic heterocycles. The van der Waals surface area contributed by atoms with Crippen LogP contribution in [0.5, 0.6) is 0 Å². The lowest BCUT2D eigenvalue weighted by molar-refractivity contribution is -0.337. The molecule has 168 valence electrons. The molecule has 1 saturated carbocycles. The van der Waals surface area contributed by atoms with Crippen LogP contribution in [0.3, 0.4) is 0 Å². The summed E-state index contributed by atoms with van der Waals surface area (Å²) in [6.45, 7) is 2.27. The quantitative estimate of drug-likeness (QED) is 0.134. The summed E-state index contributed by atoms with van der Waals surface area (Å²) in [4.78, 5) is 0. The van der Waals surface area contributed by atoms with Gasteiger partial charge in [0.1, 0.15) is 13.1 Å². The van der Waals surface area contributed by atoms with Gasteiger partial charge in [0.25, 0.3) is 0 Å². The number of rotatable bonds is 6. The van der Waals surface area contributed by atoms with Gasteiger partial charge in [-0.15, -0.1) is 0 Å². The van der Waals surface area contributed by atoms with Crippen LogP contribution in [0.15, 0.2) is 11.6 Å². The third kappa shape index (κ3) is 5.80. The first-order valence-electron chi connectivity index (χ1n) is 11.0. The fourth-order valence-corrected chi connectivity index (χ4v) is 5.20. The van der Waals surface area contributed by atoms with Crippen molar-refractivity contribution in [3.8, 4) is 0 Å². The van der Waals surface area contributed by atoms with E-state index < -0.39 is 12.3 Å². The Balaban J connectivity index is 1.42. The number of hydrogen-bond acceptors (Lipinski definition) is 10. The minimum Gasteiger partial charge on any atom is -0.349 e. The zero-order valence-corrected chi connectivity index (χ0v) is 17.2. The molecule has 3 heterocycles. The van der Waals surface area contributed by atoms with Gasteiger partial charge in [-0.1, -0.05) is 18.0 Å². The van der Waals surface area contributed by atoms with Crippen LogP contribution in [-0.4, -0.2) is 85.9 Å². The van der Waals surface area contributed by atoms with Crippen LogP contribution in [0.4, 0.5) is 0 Å². The molecular formula is C19H34BN5O5. The molecule has 10 nitrogen and oxygen atoms in total. The molecule has 0 bridgehead atoms. The lowest BCUT2D eigenvalue weighted by Gasteiger charge is -2.43. The zero-order valence-electron chi connectivity index (χ0n) is 17.2. The van der Waals surface area contributed by atoms with Gasteiger partial charge in [-0.05, 0) is 38.6 Å². The second-order valence-corrected chi connectivity index (χ2v) is 8.75. The molecule has 7 unspecified atom stereocenters. The monoisotopic (exact) mass is 423 g/mol. The Labute approximate surface area is 178 Å². The van der Waals surface area contributed by atoms with Crippen LogP contribution in [0.25, 0.3) is 0 Å². The summed E-state index contributed by atoms with van der Waals surface area (Å²) in [7, 11) is 5.85. The molecule has 11 heteroatoms. The number of hydrogen-bond donors (Lipinski definition) is 8. The van der Waals surface area contributed by atoms with E-state index in [1.54, 1.807) is 0 Å². The Kier molecular flexibility index (Phi) is 7.46. The van der Waals surface area contributed by atoms with E-state index in [1.165, 1.54) is 5.57 Å². The molecule has 4 aliphatic rings. The van der Waals surface area contributed by atoms with Crippen molar-refractivity contribution in [2.45, 2.75) is 81.3 Å². The molecule has 0 aromatic carbocycles. The first-order chi connectivity index (χ1) is 14.4. The molecule has 8 N–H and O–H groups in total. The molecule has 2 radical (unpaired) electrons. The Morgan fingerprint density at radius 1 is 1.17 bits per heavy atom. The fraction of sp³-hybridized carbons (Fsp3) is 0.895. The molecule has 0 spiro atoms. The number of nitrogens with one attached hydrogen (secondary N) is 5. The predicted octanol–water partition coefficient (Wildman–Crippen LogP) is -2.27.